The van der Waals surface area contributed by atoms with Crippen LogP contribution in [0.15, 0.2) is 60.9 Å². The van der Waals surface area contributed by atoms with E-state index in [0.29, 0.717) is 22.2 Å². The summed E-state index contributed by atoms with van der Waals surface area (Å²) in [5.74, 6) is -0.357. The van der Waals surface area contributed by atoms with Crippen molar-refractivity contribution in [1.29, 1.82) is 0 Å². The van der Waals surface area contributed by atoms with Crippen LogP contribution in [-0.2, 0) is 13.1 Å². The highest BCUT2D eigenvalue weighted by Crippen LogP contribution is 2.24. The van der Waals surface area contributed by atoms with E-state index in [1.165, 1.54) is 6.07 Å². The zero-order valence-electron chi connectivity index (χ0n) is 17.6. The van der Waals surface area contributed by atoms with Crippen LogP contribution in [0.5, 0.6) is 0 Å². The van der Waals surface area contributed by atoms with Crippen LogP contribution in [0.2, 0.25) is 5.02 Å². The first-order valence-electron chi connectivity index (χ1n) is 10.0. The maximum absolute atomic E-state index is 14.2. The Morgan fingerprint density at radius 3 is 2.59 bits per heavy atom. The summed E-state index contributed by atoms with van der Waals surface area (Å²) in [7, 11) is 0. The minimum absolute atomic E-state index is 0.228. The second-order valence-corrected chi connectivity index (χ2v) is 8.21. The summed E-state index contributed by atoms with van der Waals surface area (Å²) in [6.07, 6.45) is 3.62. The van der Waals surface area contributed by atoms with E-state index in [4.69, 9.17) is 23.8 Å². The van der Waals surface area contributed by atoms with Crippen molar-refractivity contribution in [2.75, 3.05) is 10.6 Å². The van der Waals surface area contributed by atoms with E-state index in [2.05, 4.69) is 33.0 Å². The molecule has 0 atom stereocenters. The van der Waals surface area contributed by atoms with Crippen LogP contribution in [0, 0.1) is 19.7 Å². The Morgan fingerprint density at radius 1 is 1.06 bits per heavy atom. The fourth-order valence-corrected chi connectivity index (χ4v) is 3.87. The molecular formula is C23H22ClFN6S. The molecule has 0 radical (unpaired) electrons. The van der Waals surface area contributed by atoms with E-state index in [9.17, 15) is 4.39 Å². The Labute approximate surface area is 196 Å². The lowest BCUT2D eigenvalue weighted by atomic mass is 10.2. The molecule has 2 aromatic heterocycles. The van der Waals surface area contributed by atoms with Crippen LogP contribution in [0.1, 0.15) is 22.5 Å². The molecule has 6 nitrogen and oxygen atoms in total. The maximum atomic E-state index is 14.2. The smallest absolute Gasteiger partial charge is 0.175 e. The number of hydrogen-bond donors (Lipinski definition) is 2. The van der Waals surface area contributed by atoms with Gasteiger partial charge in [-0.15, -0.1) is 0 Å². The molecule has 2 N–H and O–H groups in total. The Kier molecular flexibility index (Phi) is 6.53. The lowest BCUT2D eigenvalue weighted by Gasteiger charge is -2.11. The highest BCUT2D eigenvalue weighted by atomic mass is 35.5. The molecule has 9 heteroatoms. The lowest BCUT2D eigenvalue weighted by molar-refractivity contribution is 0.579. The molecule has 0 saturated carbocycles. The van der Waals surface area contributed by atoms with Crippen molar-refractivity contribution in [1.82, 2.24) is 19.6 Å². The van der Waals surface area contributed by atoms with Crippen molar-refractivity contribution in [3.8, 4) is 0 Å². The highest BCUT2D eigenvalue weighted by molar-refractivity contribution is 7.80. The molecule has 2 aromatic carbocycles. The molecule has 2 heterocycles. The molecule has 0 spiro atoms. The van der Waals surface area contributed by atoms with Gasteiger partial charge in [-0.1, -0.05) is 48.0 Å². The number of hydrogen-bond acceptors (Lipinski definition) is 3. The molecule has 0 bridgehead atoms. The third-order valence-corrected chi connectivity index (χ3v) is 5.63. The van der Waals surface area contributed by atoms with Gasteiger partial charge in [-0.2, -0.15) is 10.2 Å². The molecule has 0 aliphatic carbocycles. The maximum Gasteiger partial charge on any atom is 0.175 e. The molecule has 32 heavy (non-hydrogen) atoms. The zero-order valence-corrected chi connectivity index (χ0v) is 19.2. The third kappa shape index (κ3) is 4.98. The number of anilines is 2. The van der Waals surface area contributed by atoms with Crippen molar-refractivity contribution in [3.63, 3.8) is 0 Å². The van der Waals surface area contributed by atoms with Gasteiger partial charge in [0.1, 0.15) is 5.82 Å². The van der Waals surface area contributed by atoms with Crippen LogP contribution in [0.4, 0.5) is 15.8 Å². The van der Waals surface area contributed by atoms with Gasteiger partial charge in [0, 0.05) is 16.8 Å². The van der Waals surface area contributed by atoms with E-state index in [0.717, 1.165) is 28.3 Å². The summed E-state index contributed by atoms with van der Waals surface area (Å²) in [5, 5.41) is 16.0. The van der Waals surface area contributed by atoms with E-state index in [-0.39, 0.29) is 12.4 Å². The Hall–Kier alpha value is -3.23. The fraction of sp³-hybridized carbons (Fsp3) is 0.174. The Morgan fingerprint density at radius 2 is 1.84 bits per heavy atom. The van der Waals surface area contributed by atoms with Gasteiger partial charge in [0.2, 0.25) is 0 Å². The first-order valence-corrected chi connectivity index (χ1v) is 10.8. The predicted molar refractivity (Wildman–Crippen MR) is 130 cm³/mol. The Balaban J connectivity index is 1.43. The number of aryl methyl sites for hydroxylation is 1. The summed E-state index contributed by atoms with van der Waals surface area (Å²) < 4.78 is 17.7. The van der Waals surface area contributed by atoms with E-state index in [1.54, 1.807) is 23.0 Å². The van der Waals surface area contributed by atoms with Crippen molar-refractivity contribution in [3.05, 3.63) is 94.3 Å². The minimum atomic E-state index is -0.357. The van der Waals surface area contributed by atoms with Gasteiger partial charge in [0.05, 0.1) is 42.0 Å². The number of halogens is 2. The standard InChI is InChI=1S/C23H22ClFN6S/c1-15-22(16(2)31(29-15)14-19-20(24)9-6-10-21(19)25)28-23(32)27-18-11-26-30(13-18)12-17-7-4-3-5-8-17/h3-11,13H,12,14H2,1-2H3,(H2,27,28,32). The normalized spacial score (nSPS) is 10.9. The molecule has 0 saturated heterocycles. The highest BCUT2D eigenvalue weighted by Gasteiger charge is 2.16. The van der Waals surface area contributed by atoms with Gasteiger partial charge in [0.25, 0.3) is 0 Å². The minimum Gasteiger partial charge on any atom is -0.330 e. The second kappa shape index (κ2) is 9.50. The fourth-order valence-electron chi connectivity index (χ4n) is 3.43. The van der Waals surface area contributed by atoms with Gasteiger partial charge >= 0.3 is 0 Å². The van der Waals surface area contributed by atoms with Crippen LogP contribution < -0.4 is 10.6 Å². The summed E-state index contributed by atoms with van der Waals surface area (Å²) in [5.41, 5.74) is 4.69. The van der Waals surface area contributed by atoms with Crippen molar-refractivity contribution < 1.29 is 4.39 Å². The molecule has 4 rings (SSSR count). The average molecular weight is 469 g/mol. The SMILES string of the molecule is Cc1nn(Cc2c(F)cccc2Cl)c(C)c1NC(=S)Nc1cnn(Cc2ccccc2)c1. The monoisotopic (exact) mass is 468 g/mol. The topological polar surface area (TPSA) is 59.7 Å². The third-order valence-electron chi connectivity index (χ3n) is 5.07. The van der Waals surface area contributed by atoms with Crippen molar-refractivity contribution in [2.45, 2.75) is 26.9 Å². The van der Waals surface area contributed by atoms with Gasteiger partial charge in [-0.25, -0.2) is 4.39 Å². The average Bonchev–Trinajstić information content (AvgIpc) is 3.30. The number of nitrogens with one attached hydrogen (secondary N) is 2. The van der Waals surface area contributed by atoms with E-state index >= 15 is 0 Å². The van der Waals surface area contributed by atoms with Crippen molar-refractivity contribution >= 4 is 40.3 Å². The summed E-state index contributed by atoms with van der Waals surface area (Å²) >= 11 is 11.6. The van der Waals surface area contributed by atoms with E-state index < -0.39 is 0 Å². The Bertz CT molecular complexity index is 1230. The molecule has 0 amide bonds. The van der Waals surface area contributed by atoms with Crippen LogP contribution in [0.3, 0.4) is 0 Å². The summed E-state index contributed by atoms with van der Waals surface area (Å²) in [4.78, 5) is 0. The lowest BCUT2D eigenvalue weighted by Crippen LogP contribution is -2.19. The number of aromatic nitrogens is 4. The number of thiocarbonyl (C=S) groups is 1. The zero-order chi connectivity index (χ0) is 22.7. The molecule has 164 valence electrons. The number of rotatable bonds is 6. The molecule has 4 aromatic rings. The molecule has 0 aliphatic heterocycles. The van der Waals surface area contributed by atoms with Crippen LogP contribution in [-0.4, -0.2) is 24.7 Å². The number of nitrogens with zero attached hydrogens (tertiary/aromatic N) is 4. The van der Waals surface area contributed by atoms with Gasteiger partial charge in [-0.05, 0) is 43.8 Å². The van der Waals surface area contributed by atoms with Crippen molar-refractivity contribution in [2.24, 2.45) is 0 Å². The van der Waals surface area contributed by atoms with Gasteiger partial charge in [0.15, 0.2) is 5.11 Å². The quantitative estimate of drug-likeness (QED) is 0.371. The van der Waals surface area contributed by atoms with Crippen LogP contribution >= 0.6 is 23.8 Å². The first kappa shape index (κ1) is 22.0. The molecule has 0 fully saturated rings. The molecular weight excluding hydrogens is 447 g/mol. The van der Waals surface area contributed by atoms with Gasteiger partial charge < -0.3 is 10.6 Å². The van der Waals surface area contributed by atoms with E-state index in [1.807, 2.05) is 42.9 Å². The van der Waals surface area contributed by atoms with Gasteiger partial charge in [-0.3, -0.25) is 9.36 Å². The van der Waals surface area contributed by atoms with Crippen LogP contribution in [0.25, 0.3) is 0 Å². The predicted octanol–water partition coefficient (Wildman–Crippen LogP) is 5.39. The molecule has 0 aliphatic rings. The summed E-state index contributed by atoms with van der Waals surface area (Å²) in [6, 6.07) is 14.7. The molecule has 0 unspecified atom stereocenters. The second-order valence-electron chi connectivity index (χ2n) is 7.39. The number of benzene rings is 2. The summed E-state index contributed by atoms with van der Waals surface area (Å²) in [6.45, 7) is 4.67. The largest absolute Gasteiger partial charge is 0.330 e. The first-order chi connectivity index (χ1) is 15.4.